The molecule has 4 atom stereocenters. The molecule has 0 saturated carbocycles. The number of aliphatic hydroxyl groups excluding tert-OH is 1. The van der Waals surface area contributed by atoms with Gasteiger partial charge in [-0.2, -0.15) is 0 Å². The van der Waals surface area contributed by atoms with Crippen molar-refractivity contribution in [2.75, 3.05) is 6.54 Å². The van der Waals surface area contributed by atoms with Gasteiger partial charge in [0, 0.05) is 23.5 Å². The van der Waals surface area contributed by atoms with Crippen LogP contribution in [0.25, 0.3) is 0 Å². The van der Waals surface area contributed by atoms with E-state index in [0.29, 0.717) is 23.7 Å². The van der Waals surface area contributed by atoms with Crippen molar-refractivity contribution in [3.05, 3.63) is 51.8 Å². The van der Waals surface area contributed by atoms with Crippen molar-refractivity contribution in [3.8, 4) is 0 Å². The minimum atomic E-state index is -1.10. The van der Waals surface area contributed by atoms with E-state index < -0.39 is 23.6 Å². The molecule has 2 aliphatic heterocycles. The second kappa shape index (κ2) is 8.44. The molecule has 0 spiro atoms. The molecule has 8 nitrogen and oxygen atoms in total. The Labute approximate surface area is 195 Å². The Balaban J connectivity index is 1.66. The largest absolute Gasteiger partial charge is 0.391 e. The number of rotatable bonds is 5. The zero-order valence-corrected chi connectivity index (χ0v) is 20.1. The van der Waals surface area contributed by atoms with Crippen LogP contribution in [-0.2, 0) is 15.1 Å². The van der Waals surface area contributed by atoms with Gasteiger partial charge in [-0.25, -0.2) is 4.99 Å². The topological polar surface area (TPSA) is 108 Å². The molecule has 1 fully saturated rings. The molecule has 0 unspecified atom stereocenters. The van der Waals surface area contributed by atoms with Crippen molar-refractivity contribution < 1.29 is 19.2 Å². The lowest BCUT2D eigenvalue weighted by Gasteiger charge is -2.29. The zero-order chi connectivity index (χ0) is 23.2. The Bertz CT molecular complexity index is 1060. The van der Waals surface area contributed by atoms with Crippen LogP contribution < -0.4 is 5.32 Å². The second-order valence-corrected chi connectivity index (χ2v) is 9.93. The van der Waals surface area contributed by atoms with Crippen molar-refractivity contribution in [2.45, 2.75) is 57.7 Å². The third-order valence-electron chi connectivity index (χ3n) is 6.20. The van der Waals surface area contributed by atoms with Crippen LogP contribution in [0.15, 0.2) is 44.3 Å². The summed E-state index contributed by atoms with van der Waals surface area (Å²) in [5, 5.41) is 17.2. The number of nitrogens with zero attached hydrogens (tertiary/aromatic N) is 3. The third-order valence-corrected chi connectivity index (χ3v) is 6.73. The van der Waals surface area contributed by atoms with Crippen molar-refractivity contribution in [1.82, 2.24) is 15.4 Å². The average molecular weight is 503 g/mol. The van der Waals surface area contributed by atoms with E-state index in [1.165, 1.54) is 0 Å². The summed E-state index contributed by atoms with van der Waals surface area (Å²) < 4.78 is 6.32. The fourth-order valence-electron chi connectivity index (χ4n) is 4.45. The lowest BCUT2D eigenvalue weighted by molar-refractivity contribution is -0.134. The molecule has 2 amide bonds. The number of aliphatic hydroxyl groups is 1. The van der Waals surface area contributed by atoms with Crippen LogP contribution in [0.4, 0.5) is 0 Å². The predicted octanol–water partition coefficient (Wildman–Crippen LogP) is 2.89. The summed E-state index contributed by atoms with van der Waals surface area (Å²) in [6.07, 6.45) is -0.394. The Morgan fingerprint density at radius 2 is 2.03 bits per heavy atom. The maximum Gasteiger partial charge on any atom is 0.257 e. The number of hydrogen-bond donors (Lipinski definition) is 2. The van der Waals surface area contributed by atoms with Crippen LogP contribution in [0.5, 0.6) is 0 Å². The molecule has 0 bridgehead atoms. The van der Waals surface area contributed by atoms with Gasteiger partial charge in [0.15, 0.2) is 5.54 Å². The maximum atomic E-state index is 13.6. The molecule has 0 aliphatic carbocycles. The molecule has 9 heteroatoms. The van der Waals surface area contributed by atoms with E-state index in [1.54, 1.807) is 17.9 Å². The smallest absolute Gasteiger partial charge is 0.257 e. The highest BCUT2D eigenvalue weighted by atomic mass is 79.9. The van der Waals surface area contributed by atoms with E-state index in [4.69, 9.17) is 9.52 Å². The number of aromatic nitrogens is 1. The summed E-state index contributed by atoms with van der Waals surface area (Å²) in [7, 11) is 0. The standard InChI is InChI=1S/C23H27BrN4O4/c1-12(2)19(18-9-13(3)27-32-18)21(30)28-11-16(29)10-17(28)20-25-22(31)23(4,26-20)14-5-7-15(24)8-6-14/h5-9,12,16-17,19,29H,10-11H2,1-4H3,(H,25,26,31)/t16-,17+,19-,23-/m1/s1. The molecular formula is C23H27BrN4O4. The number of amidine groups is 1. The predicted molar refractivity (Wildman–Crippen MR) is 122 cm³/mol. The number of hydrogen-bond acceptors (Lipinski definition) is 6. The summed E-state index contributed by atoms with van der Waals surface area (Å²) in [6, 6.07) is 8.67. The van der Waals surface area contributed by atoms with E-state index in [2.05, 4.69) is 26.4 Å². The summed E-state index contributed by atoms with van der Waals surface area (Å²) >= 11 is 3.41. The first-order valence-corrected chi connectivity index (χ1v) is 11.5. The lowest BCUT2D eigenvalue weighted by atomic mass is 9.91. The highest BCUT2D eigenvalue weighted by Crippen LogP contribution is 2.35. The van der Waals surface area contributed by atoms with Crippen molar-refractivity contribution in [2.24, 2.45) is 10.9 Å². The fraction of sp³-hybridized carbons (Fsp3) is 0.478. The van der Waals surface area contributed by atoms with E-state index in [1.807, 2.05) is 45.0 Å². The van der Waals surface area contributed by atoms with Gasteiger partial charge in [0.25, 0.3) is 5.91 Å². The first-order chi connectivity index (χ1) is 15.1. The van der Waals surface area contributed by atoms with Gasteiger partial charge in [0.2, 0.25) is 5.91 Å². The Morgan fingerprint density at radius 3 is 2.62 bits per heavy atom. The molecule has 3 heterocycles. The van der Waals surface area contributed by atoms with Gasteiger partial charge in [-0.1, -0.05) is 47.1 Å². The lowest BCUT2D eigenvalue weighted by Crippen LogP contribution is -2.48. The number of aliphatic imine (C=N–C) groups is 1. The SMILES string of the molecule is Cc1cc([C@H](C(=O)N2C[C@H](O)C[C@H]2C2=N[C@](C)(c3ccc(Br)cc3)C(=O)N2)C(C)C)on1. The number of benzene rings is 1. The highest BCUT2D eigenvalue weighted by molar-refractivity contribution is 9.10. The molecular weight excluding hydrogens is 476 g/mol. The van der Waals surface area contributed by atoms with E-state index in [-0.39, 0.29) is 24.3 Å². The van der Waals surface area contributed by atoms with Gasteiger partial charge >= 0.3 is 0 Å². The third kappa shape index (κ3) is 3.99. The zero-order valence-electron chi connectivity index (χ0n) is 18.5. The van der Waals surface area contributed by atoms with Gasteiger partial charge in [-0.15, -0.1) is 0 Å². The van der Waals surface area contributed by atoms with Crippen molar-refractivity contribution >= 4 is 33.6 Å². The first kappa shape index (κ1) is 22.7. The quantitative estimate of drug-likeness (QED) is 0.653. The minimum absolute atomic E-state index is 0.0404. The number of aryl methyl sites for hydroxylation is 1. The van der Waals surface area contributed by atoms with Gasteiger partial charge in [0.05, 0.1) is 17.8 Å². The fourth-order valence-corrected chi connectivity index (χ4v) is 4.71. The van der Waals surface area contributed by atoms with Crippen LogP contribution in [0.2, 0.25) is 0 Å². The van der Waals surface area contributed by atoms with Crippen molar-refractivity contribution in [3.63, 3.8) is 0 Å². The summed E-state index contributed by atoms with van der Waals surface area (Å²) in [4.78, 5) is 32.9. The number of nitrogens with one attached hydrogen (secondary N) is 1. The van der Waals surface area contributed by atoms with Crippen molar-refractivity contribution in [1.29, 1.82) is 0 Å². The van der Waals surface area contributed by atoms with Crippen LogP contribution >= 0.6 is 15.9 Å². The van der Waals surface area contributed by atoms with Gasteiger partial charge < -0.3 is 19.8 Å². The van der Waals surface area contributed by atoms with Gasteiger partial charge in [0.1, 0.15) is 17.5 Å². The summed E-state index contributed by atoms with van der Waals surface area (Å²) in [5.41, 5.74) is 0.355. The number of carbonyl (C=O) groups excluding carboxylic acids is 2. The number of carbonyl (C=O) groups is 2. The monoisotopic (exact) mass is 502 g/mol. The number of halogens is 1. The Morgan fingerprint density at radius 1 is 1.34 bits per heavy atom. The molecule has 1 aromatic heterocycles. The molecule has 1 saturated heterocycles. The number of likely N-dealkylation sites (tertiary alicyclic amines) is 1. The molecule has 2 aromatic rings. The summed E-state index contributed by atoms with van der Waals surface area (Å²) in [6.45, 7) is 7.62. The van der Waals surface area contributed by atoms with E-state index >= 15 is 0 Å². The molecule has 1 aromatic carbocycles. The molecule has 2 aliphatic rings. The molecule has 170 valence electrons. The Kier molecular flexibility index (Phi) is 5.98. The highest BCUT2D eigenvalue weighted by Gasteiger charge is 2.48. The van der Waals surface area contributed by atoms with E-state index in [9.17, 15) is 14.7 Å². The van der Waals surface area contributed by atoms with Gasteiger partial charge in [-0.05, 0) is 37.5 Å². The second-order valence-electron chi connectivity index (χ2n) is 9.02. The van der Waals surface area contributed by atoms with Gasteiger partial charge in [-0.3, -0.25) is 9.59 Å². The van der Waals surface area contributed by atoms with Crippen LogP contribution in [0.3, 0.4) is 0 Å². The maximum absolute atomic E-state index is 13.6. The summed E-state index contributed by atoms with van der Waals surface area (Å²) in [5.74, 6) is -0.107. The normalized spacial score (nSPS) is 26.4. The van der Waals surface area contributed by atoms with E-state index in [0.717, 1.165) is 10.0 Å². The van der Waals surface area contributed by atoms with Crippen LogP contribution in [0, 0.1) is 12.8 Å². The molecule has 32 heavy (non-hydrogen) atoms. The number of β-amino-alcohol motifs (C(OH)–C–C–N with tert-alkyl or cyclic N) is 1. The van der Waals surface area contributed by atoms with Crippen LogP contribution in [-0.4, -0.2) is 51.5 Å². The molecule has 2 N–H and O–H groups in total. The first-order valence-electron chi connectivity index (χ1n) is 10.7. The Hall–Kier alpha value is -2.52. The molecule has 0 radical (unpaired) electrons. The molecule has 4 rings (SSSR count). The minimum Gasteiger partial charge on any atom is -0.391 e. The number of amides is 2. The van der Waals surface area contributed by atoms with Crippen LogP contribution in [0.1, 0.15) is 50.1 Å². The average Bonchev–Trinajstić information content (AvgIpc) is 3.40.